The van der Waals surface area contributed by atoms with E-state index >= 15 is 0 Å². The van der Waals surface area contributed by atoms with E-state index in [0.717, 1.165) is 6.42 Å². The maximum Gasteiger partial charge on any atom is 0.0567 e. The summed E-state index contributed by atoms with van der Waals surface area (Å²) in [5, 5.41) is 6.91. The van der Waals surface area contributed by atoms with Gasteiger partial charge in [0, 0.05) is 62.4 Å². The van der Waals surface area contributed by atoms with E-state index in [9.17, 15) is 0 Å². The fourth-order valence-corrected chi connectivity index (χ4v) is 11.5. The topological polar surface area (TPSA) is 4.93 Å². The maximum absolute atomic E-state index is 2.64. The number of rotatable bonds is 2. The van der Waals surface area contributed by atoms with Crippen LogP contribution in [-0.2, 0) is 11.8 Å². The van der Waals surface area contributed by atoms with Gasteiger partial charge in [-0.15, -0.1) is 22.7 Å². The average Bonchev–Trinajstić information content (AvgIpc) is 3.85. The quantitative estimate of drug-likeness (QED) is 0.176. The number of para-hydroxylation sites is 1. The third kappa shape index (κ3) is 3.45. The van der Waals surface area contributed by atoms with Crippen molar-refractivity contribution >= 4 is 80.8 Å². The maximum atomic E-state index is 2.64. The van der Waals surface area contributed by atoms with Crippen LogP contribution in [-0.4, -0.2) is 4.57 Å². The largest absolute Gasteiger partial charge is 0.333 e. The lowest BCUT2D eigenvalue weighted by atomic mass is 9.80. The molecule has 0 fully saturated rings. The first-order valence-electron chi connectivity index (χ1n) is 16.9. The Morgan fingerprint density at radius 3 is 2.25 bits per heavy atom. The Labute approximate surface area is 287 Å². The molecular weight excluding hydrogens is 619 g/mol. The molecule has 48 heavy (non-hydrogen) atoms. The van der Waals surface area contributed by atoms with E-state index in [1.165, 1.54) is 95.9 Å². The Bertz CT molecular complexity index is 2850. The molecule has 0 saturated heterocycles. The van der Waals surface area contributed by atoms with Crippen LogP contribution in [0, 0.1) is 0 Å². The molecule has 1 unspecified atom stereocenters. The van der Waals surface area contributed by atoms with Gasteiger partial charge in [-0.1, -0.05) is 117 Å². The summed E-state index contributed by atoms with van der Waals surface area (Å²) in [6.07, 6.45) is 5.84. The van der Waals surface area contributed by atoms with Crippen molar-refractivity contribution in [3.63, 3.8) is 0 Å². The Morgan fingerprint density at radius 1 is 0.583 bits per heavy atom. The van der Waals surface area contributed by atoms with Crippen molar-refractivity contribution in [3.05, 3.63) is 149 Å². The van der Waals surface area contributed by atoms with Gasteiger partial charge in [0.15, 0.2) is 0 Å². The van der Waals surface area contributed by atoms with E-state index in [-0.39, 0.29) is 11.5 Å². The number of benzene rings is 6. The highest BCUT2D eigenvalue weighted by Crippen LogP contribution is 2.54. The van der Waals surface area contributed by atoms with Crippen molar-refractivity contribution in [2.24, 2.45) is 0 Å². The predicted octanol–water partition coefficient (Wildman–Crippen LogP) is 13.2. The first-order valence-corrected chi connectivity index (χ1v) is 18.5. The highest BCUT2D eigenvalue weighted by Gasteiger charge is 2.38. The van der Waals surface area contributed by atoms with Gasteiger partial charge in [-0.25, -0.2) is 0 Å². The molecule has 1 nitrogen and oxygen atoms in total. The highest BCUT2D eigenvalue weighted by atomic mass is 32.1. The number of thiophene rings is 2. The molecule has 1 atom stereocenters. The Hall–Kier alpha value is -4.96. The molecule has 228 valence electrons. The molecule has 0 saturated carbocycles. The first kappa shape index (κ1) is 27.0. The zero-order valence-electron chi connectivity index (χ0n) is 26.7. The summed E-state index contributed by atoms with van der Waals surface area (Å²) in [6, 6.07) is 45.7. The zero-order chi connectivity index (χ0) is 31.7. The number of hydrogen-bond acceptors (Lipinski definition) is 2. The molecule has 11 rings (SSSR count). The smallest absolute Gasteiger partial charge is 0.0567 e. The van der Waals surface area contributed by atoms with Crippen molar-refractivity contribution in [1.82, 2.24) is 4.57 Å². The predicted molar refractivity (Wildman–Crippen MR) is 209 cm³/mol. The van der Waals surface area contributed by atoms with Gasteiger partial charge in [0.05, 0.1) is 11.6 Å². The lowest BCUT2D eigenvalue weighted by Gasteiger charge is -2.24. The normalized spacial score (nSPS) is 16.3. The van der Waals surface area contributed by atoms with Crippen molar-refractivity contribution < 1.29 is 0 Å². The molecule has 3 heterocycles. The van der Waals surface area contributed by atoms with Gasteiger partial charge in [0.1, 0.15) is 0 Å². The van der Waals surface area contributed by atoms with Gasteiger partial charge in [0.2, 0.25) is 0 Å². The van der Waals surface area contributed by atoms with Crippen LogP contribution < -0.4 is 0 Å². The van der Waals surface area contributed by atoms with Gasteiger partial charge in [-0.2, -0.15) is 0 Å². The molecule has 3 aromatic heterocycles. The van der Waals surface area contributed by atoms with Gasteiger partial charge in [-0.05, 0) is 70.1 Å². The number of hydrogen-bond donors (Lipinski definition) is 0. The SMILES string of the molecule is CC1(C)c2ccccc2-c2ccc3c(c21)c1ccccc1n3C1C=Cc2sc3cccc(-c4cccc5c4sc4ccccc45)c3c2C1. The molecule has 2 aliphatic rings. The third-order valence-corrected chi connectivity index (χ3v) is 13.5. The van der Waals surface area contributed by atoms with Crippen molar-refractivity contribution in [2.45, 2.75) is 31.7 Å². The van der Waals surface area contributed by atoms with Crippen LogP contribution in [0.2, 0.25) is 0 Å². The Morgan fingerprint density at radius 2 is 1.31 bits per heavy atom. The van der Waals surface area contributed by atoms with Crippen LogP contribution in [0.1, 0.15) is 41.5 Å². The van der Waals surface area contributed by atoms with E-state index in [1.54, 1.807) is 0 Å². The molecular formula is C45H31NS2. The summed E-state index contributed by atoms with van der Waals surface area (Å²) in [6.45, 7) is 4.82. The molecule has 2 aliphatic carbocycles. The molecule has 9 aromatic rings. The second-order valence-corrected chi connectivity index (χ2v) is 16.1. The molecule has 0 N–H and O–H groups in total. The monoisotopic (exact) mass is 649 g/mol. The second kappa shape index (κ2) is 9.56. The van der Waals surface area contributed by atoms with Crippen molar-refractivity contribution in [2.75, 3.05) is 0 Å². The van der Waals surface area contributed by atoms with Crippen molar-refractivity contribution in [1.29, 1.82) is 0 Å². The summed E-state index contributed by atoms with van der Waals surface area (Å²) < 4.78 is 6.75. The molecule has 0 radical (unpaired) electrons. The molecule has 0 aliphatic heterocycles. The number of nitrogens with zero attached hydrogens (tertiary/aromatic N) is 1. The fourth-order valence-electron chi connectivity index (χ4n) is 9.12. The first-order chi connectivity index (χ1) is 23.6. The number of aromatic nitrogens is 1. The average molecular weight is 650 g/mol. The minimum Gasteiger partial charge on any atom is -0.333 e. The van der Waals surface area contributed by atoms with E-state index in [4.69, 9.17) is 0 Å². The van der Waals surface area contributed by atoms with Crippen molar-refractivity contribution in [3.8, 4) is 22.3 Å². The third-order valence-electron chi connectivity index (χ3n) is 11.1. The van der Waals surface area contributed by atoms with Gasteiger partial charge >= 0.3 is 0 Å². The summed E-state index contributed by atoms with van der Waals surface area (Å²) >= 11 is 3.87. The summed E-state index contributed by atoms with van der Waals surface area (Å²) in [4.78, 5) is 1.40. The molecule has 6 aromatic carbocycles. The highest BCUT2D eigenvalue weighted by molar-refractivity contribution is 7.26. The van der Waals surface area contributed by atoms with Crippen LogP contribution in [0.15, 0.2) is 127 Å². The van der Waals surface area contributed by atoms with Crippen LogP contribution in [0.25, 0.3) is 80.4 Å². The standard InChI is InChI=1S/C45H31NS2/c1-45(2)35-17-6-3-11-27(35)30-22-23-37-42(43(30)45)33-13-4-7-18-36(33)46(37)26-21-24-39-34(25-26)41-29(14-10-20-40(41)47-39)32-16-9-15-31-28-12-5-8-19-38(28)48-44(31)32/h3-24,26H,25H2,1-2H3. The van der Waals surface area contributed by atoms with Gasteiger partial charge < -0.3 is 4.57 Å². The number of fused-ring (bicyclic) bond motifs is 13. The molecule has 0 bridgehead atoms. The molecule has 3 heteroatoms. The van der Waals surface area contributed by atoms with E-state index in [0.29, 0.717) is 0 Å². The number of allylic oxidation sites excluding steroid dienone is 1. The lowest BCUT2D eigenvalue weighted by molar-refractivity contribution is 0.638. The molecule has 0 amide bonds. The van der Waals surface area contributed by atoms with E-state index in [1.807, 2.05) is 22.7 Å². The van der Waals surface area contributed by atoms with Crippen LogP contribution in [0.4, 0.5) is 0 Å². The van der Waals surface area contributed by atoms with Gasteiger partial charge in [0.25, 0.3) is 0 Å². The van der Waals surface area contributed by atoms with Gasteiger partial charge in [-0.3, -0.25) is 0 Å². The fraction of sp³-hybridized carbons (Fsp3) is 0.111. The van der Waals surface area contributed by atoms with Crippen LogP contribution >= 0.6 is 22.7 Å². The lowest BCUT2D eigenvalue weighted by Crippen LogP contribution is -2.16. The van der Waals surface area contributed by atoms with E-state index < -0.39 is 0 Å². The van der Waals surface area contributed by atoms with E-state index in [2.05, 4.69) is 152 Å². The Balaban J connectivity index is 1.12. The zero-order valence-corrected chi connectivity index (χ0v) is 28.4. The van der Waals surface area contributed by atoms with Crippen LogP contribution in [0.3, 0.4) is 0 Å². The summed E-state index contributed by atoms with van der Waals surface area (Å²) in [5.41, 5.74) is 12.4. The Kier molecular flexibility index (Phi) is 5.39. The summed E-state index contributed by atoms with van der Waals surface area (Å²) in [5.74, 6) is 0. The summed E-state index contributed by atoms with van der Waals surface area (Å²) in [7, 11) is 0. The van der Waals surface area contributed by atoms with Crippen LogP contribution in [0.5, 0.6) is 0 Å². The minimum atomic E-state index is -0.0674. The molecule has 0 spiro atoms. The second-order valence-electron chi connectivity index (χ2n) is 14.0. The minimum absolute atomic E-state index is 0.0674.